The highest BCUT2D eigenvalue weighted by molar-refractivity contribution is 7.45. The highest BCUT2D eigenvalue weighted by atomic mass is 31.2. The number of amides is 1. The third kappa shape index (κ3) is 67.7. The third-order valence-electron chi connectivity index (χ3n) is 16.7. The smallest absolute Gasteiger partial charge is 0.268 e. The van der Waals surface area contributed by atoms with Crippen molar-refractivity contribution in [3.8, 4) is 0 Å². The first-order valence-corrected chi connectivity index (χ1v) is 38.1. The van der Waals surface area contributed by atoms with Crippen molar-refractivity contribution in [2.24, 2.45) is 0 Å². The predicted molar refractivity (Wildman–Crippen MR) is 367 cm³/mol. The van der Waals surface area contributed by atoms with Gasteiger partial charge in [0.1, 0.15) is 13.2 Å². The lowest BCUT2D eigenvalue weighted by Gasteiger charge is -2.29. The van der Waals surface area contributed by atoms with Gasteiger partial charge in [-0.1, -0.05) is 338 Å². The van der Waals surface area contributed by atoms with Crippen molar-refractivity contribution in [3.63, 3.8) is 0 Å². The third-order valence-corrected chi connectivity index (χ3v) is 17.6. The van der Waals surface area contributed by atoms with Crippen LogP contribution in [0.15, 0.2) is 60.8 Å². The Kier molecular flexibility index (Phi) is 64.2. The number of nitrogens with one attached hydrogen (secondary N) is 1. The molecule has 0 fully saturated rings. The van der Waals surface area contributed by atoms with E-state index in [0.29, 0.717) is 17.4 Å². The van der Waals surface area contributed by atoms with E-state index < -0.39 is 26.6 Å². The van der Waals surface area contributed by atoms with Crippen molar-refractivity contribution in [3.05, 3.63) is 60.8 Å². The van der Waals surface area contributed by atoms with E-state index >= 15 is 0 Å². The first kappa shape index (κ1) is 82.2. The fraction of sp³-hybridized carbons (Fsp3) is 0.853. The molecule has 0 aromatic heterocycles. The van der Waals surface area contributed by atoms with Crippen LogP contribution in [0.1, 0.15) is 361 Å². The van der Waals surface area contributed by atoms with Crippen molar-refractivity contribution < 1.29 is 32.9 Å². The summed E-state index contributed by atoms with van der Waals surface area (Å²) >= 11 is 0. The van der Waals surface area contributed by atoms with Gasteiger partial charge in [0.15, 0.2) is 0 Å². The van der Waals surface area contributed by atoms with Crippen molar-refractivity contribution in [2.75, 3.05) is 40.9 Å². The molecular formula is C75H143N2O6P. The average molecular weight is 1200 g/mol. The van der Waals surface area contributed by atoms with Crippen LogP contribution >= 0.6 is 7.82 Å². The van der Waals surface area contributed by atoms with Crippen LogP contribution in [-0.4, -0.2) is 68.5 Å². The van der Waals surface area contributed by atoms with Crippen LogP contribution in [0.25, 0.3) is 0 Å². The van der Waals surface area contributed by atoms with Crippen molar-refractivity contribution >= 4 is 13.7 Å². The molecule has 2 N–H and O–H groups in total. The summed E-state index contributed by atoms with van der Waals surface area (Å²) in [6.45, 7) is 4.67. The quantitative estimate of drug-likeness (QED) is 0.0272. The molecule has 0 saturated heterocycles. The first-order valence-electron chi connectivity index (χ1n) is 36.7. The minimum absolute atomic E-state index is 0.00932. The van der Waals surface area contributed by atoms with Crippen LogP contribution in [-0.2, 0) is 18.4 Å². The predicted octanol–water partition coefficient (Wildman–Crippen LogP) is 22.9. The summed E-state index contributed by atoms with van der Waals surface area (Å²) < 4.78 is 23.4. The second kappa shape index (κ2) is 65.6. The Bertz CT molecular complexity index is 1550. The van der Waals surface area contributed by atoms with Crippen LogP contribution in [0, 0.1) is 0 Å². The van der Waals surface area contributed by atoms with Gasteiger partial charge in [0, 0.05) is 6.42 Å². The number of aliphatic hydroxyl groups is 1. The molecule has 0 bridgehead atoms. The maximum Gasteiger partial charge on any atom is 0.268 e. The normalized spacial score (nSPS) is 13.9. The number of unbranched alkanes of at least 4 members (excludes halogenated alkanes) is 47. The Morgan fingerprint density at radius 3 is 1.04 bits per heavy atom. The summed E-state index contributed by atoms with van der Waals surface area (Å²) in [5, 5.41) is 13.9. The Labute approximate surface area is 523 Å². The zero-order valence-corrected chi connectivity index (χ0v) is 57.5. The Balaban J connectivity index is 4.02. The molecule has 0 aliphatic heterocycles. The summed E-state index contributed by atoms with van der Waals surface area (Å²) in [6.07, 6.45) is 90.9. The Morgan fingerprint density at radius 2 is 0.702 bits per heavy atom. The summed E-state index contributed by atoms with van der Waals surface area (Å²) in [4.78, 5) is 25.6. The van der Waals surface area contributed by atoms with Gasteiger partial charge in [-0.15, -0.1) is 0 Å². The fourth-order valence-corrected chi connectivity index (χ4v) is 11.7. The van der Waals surface area contributed by atoms with Gasteiger partial charge in [-0.3, -0.25) is 9.36 Å². The van der Waals surface area contributed by atoms with E-state index in [1.54, 1.807) is 6.08 Å². The van der Waals surface area contributed by atoms with Gasteiger partial charge in [0.2, 0.25) is 5.91 Å². The largest absolute Gasteiger partial charge is 0.756 e. The number of phosphoric ester groups is 1. The number of rotatable bonds is 68. The number of phosphoric acid groups is 1. The van der Waals surface area contributed by atoms with Gasteiger partial charge in [0.25, 0.3) is 7.82 Å². The molecule has 0 aliphatic carbocycles. The second-order valence-electron chi connectivity index (χ2n) is 26.3. The molecule has 84 heavy (non-hydrogen) atoms. The molecule has 0 saturated carbocycles. The highest BCUT2D eigenvalue weighted by Crippen LogP contribution is 2.38. The minimum Gasteiger partial charge on any atom is -0.756 e. The van der Waals surface area contributed by atoms with Crippen LogP contribution in [0.5, 0.6) is 0 Å². The molecule has 8 nitrogen and oxygen atoms in total. The van der Waals surface area contributed by atoms with Crippen LogP contribution in [0.4, 0.5) is 0 Å². The highest BCUT2D eigenvalue weighted by Gasteiger charge is 2.23. The molecule has 0 spiro atoms. The lowest BCUT2D eigenvalue weighted by atomic mass is 10.0. The Hall–Kier alpha value is -1.80. The van der Waals surface area contributed by atoms with Gasteiger partial charge >= 0.3 is 0 Å². The van der Waals surface area contributed by atoms with Crippen LogP contribution in [0.2, 0.25) is 0 Å². The fourth-order valence-electron chi connectivity index (χ4n) is 11.0. The average Bonchev–Trinajstić information content (AvgIpc) is 3.56. The van der Waals surface area contributed by atoms with E-state index in [9.17, 15) is 19.4 Å². The number of hydrogen-bond donors (Lipinski definition) is 2. The maximum atomic E-state index is 13.0. The first-order chi connectivity index (χ1) is 41.0. The summed E-state index contributed by atoms with van der Waals surface area (Å²) in [7, 11) is 1.24. The van der Waals surface area contributed by atoms with Crippen LogP contribution < -0.4 is 10.2 Å². The standard InChI is InChI=1S/C75H143N2O6P/c1-6-8-10-12-14-16-18-20-22-24-26-28-30-31-32-33-34-35-36-37-38-39-40-41-42-43-44-45-47-49-51-53-55-57-59-61-63-65-67-69-75(79)76-73(72-83-84(80,81)82-71-70-77(3,4)5)74(78)68-66-64-62-60-58-56-54-52-50-48-46-29-27-25-23-21-19-17-15-13-11-9-7-2/h34-35,37-38,50,52,58,60,66,68,73-74,78H,6-33,36,39-49,51,53-57,59,61-65,67,69-72H2,1-5H3,(H-,76,79,80,81)/b35-34-,38-37-,52-50+,60-58+,68-66+. The molecule has 3 atom stereocenters. The van der Waals surface area contributed by atoms with E-state index in [-0.39, 0.29) is 12.5 Å². The molecular weight excluding hydrogens is 1060 g/mol. The Morgan fingerprint density at radius 1 is 0.417 bits per heavy atom. The second-order valence-corrected chi connectivity index (χ2v) is 27.7. The molecule has 0 heterocycles. The summed E-state index contributed by atoms with van der Waals surface area (Å²) in [5.74, 6) is -0.207. The lowest BCUT2D eigenvalue weighted by Crippen LogP contribution is -2.45. The molecule has 3 unspecified atom stereocenters. The monoisotopic (exact) mass is 1200 g/mol. The number of aliphatic hydroxyl groups excluding tert-OH is 1. The van der Waals surface area contributed by atoms with E-state index in [4.69, 9.17) is 9.05 Å². The van der Waals surface area contributed by atoms with Crippen LogP contribution in [0.3, 0.4) is 0 Å². The van der Waals surface area contributed by atoms with Crippen molar-refractivity contribution in [1.29, 1.82) is 0 Å². The summed E-state index contributed by atoms with van der Waals surface area (Å²) in [5.41, 5.74) is 0. The van der Waals surface area contributed by atoms with Crippen molar-refractivity contribution in [1.82, 2.24) is 5.32 Å². The summed E-state index contributed by atoms with van der Waals surface area (Å²) in [6, 6.07) is -0.913. The molecule has 0 radical (unpaired) electrons. The number of hydrogen-bond acceptors (Lipinski definition) is 6. The van der Waals surface area contributed by atoms with E-state index in [1.165, 1.54) is 289 Å². The zero-order chi connectivity index (χ0) is 61.2. The maximum absolute atomic E-state index is 13.0. The van der Waals surface area contributed by atoms with E-state index in [1.807, 2.05) is 27.2 Å². The lowest BCUT2D eigenvalue weighted by molar-refractivity contribution is -0.870. The number of carbonyl (C=O) groups excluding carboxylic acids is 1. The van der Waals surface area contributed by atoms with E-state index in [2.05, 4.69) is 67.8 Å². The molecule has 0 aromatic rings. The molecule has 1 amide bonds. The molecule has 0 aliphatic rings. The number of allylic oxidation sites excluding steroid dienone is 9. The number of carbonyl (C=O) groups is 1. The zero-order valence-electron chi connectivity index (χ0n) is 56.6. The molecule has 0 rings (SSSR count). The van der Waals surface area contributed by atoms with Crippen molar-refractivity contribution in [2.45, 2.75) is 373 Å². The molecule has 494 valence electrons. The number of nitrogens with zero attached hydrogens (tertiary/aromatic N) is 1. The SMILES string of the molecule is CCCCCCCCCCCCCCC/C=C/CC/C=C/CC/C=C/C(O)C(COP(=O)([O-])OCC[N+](C)(C)C)NC(=O)CCCCCCCCCCCCCCCCCCC/C=C\C/C=C\CCCCCCCCCCCCCCCCC. The number of likely N-dealkylation sites (N-methyl/N-ethyl adjacent to an activating group) is 1. The number of quaternary nitrogens is 1. The van der Waals surface area contributed by atoms with Gasteiger partial charge in [0.05, 0.1) is 39.9 Å². The van der Waals surface area contributed by atoms with E-state index in [0.717, 1.165) is 51.4 Å². The van der Waals surface area contributed by atoms with Gasteiger partial charge in [-0.2, -0.15) is 0 Å². The molecule has 0 aromatic carbocycles. The molecule has 9 heteroatoms. The van der Waals surface area contributed by atoms with Gasteiger partial charge < -0.3 is 28.8 Å². The van der Waals surface area contributed by atoms with Gasteiger partial charge in [-0.25, -0.2) is 0 Å². The van der Waals surface area contributed by atoms with Gasteiger partial charge in [-0.05, 0) is 77.0 Å². The topological polar surface area (TPSA) is 108 Å². The minimum atomic E-state index is -4.62.